The minimum atomic E-state index is -0.212. The van der Waals surface area contributed by atoms with Crippen LogP contribution in [-0.4, -0.2) is 29.2 Å². The van der Waals surface area contributed by atoms with Crippen LogP contribution in [0.3, 0.4) is 0 Å². The molecule has 0 spiro atoms. The second kappa shape index (κ2) is 9.45. The number of nitrogens with zero attached hydrogens (tertiary/aromatic N) is 2. The van der Waals surface area contributed by atoms with Crippen molar-refractivity contribution in [2.75, 3.05) is 19.0 Å². The molecule has 1 atom stereocenters. The number of ether oxygens (including phenoxy) is 2. The lowest BCUT2D eigenvalue weighted by Crippen LogP contribution is -2.09. The van der Waals surface area contributed by atoms with Crippen LogP contribution in [0.5, 0.6) is 5.75 Å². The van der Waals surface area contributed by atoms with Crippen LogP contribution in [0.15, 0.2) is 54.6 Å². The van der Waals surface area contributed by atoms with E-state index in [1.165, 1.54) is 35.0 Å². The summed E-state index contributed by atoms with van der Waals surface area (Å²) in [4.78, 5) is 16.6. The molecule has 1 unspecified atom stereocenters. The Labute approximate surface area is 205 Å². The summed E-state index contributed by atoms with van der Waals surface area (Å²) in [6, 6.07) is 18.9. The van der Waals surface area contributed by atoms with E-state index in [4.69, 9.17) is 14.5 Å². The van der Waals surface area contributed by atoms with Gasteiger partial charge in [0.2, 0.25) is 0 Å². The molecule has 0 amide bonds. The number of carbonyl (C=O) groups is 1. The minimum Gasteiger partial charge on any atom is -0.493 e. The van der Waals surface area contributed by atoms with Gasteiger partial charge in [-0.1, -0.05) is 37.3 Å². The summed E-state index contributed by atoms with van der Waals surface area (Å²) in [5.41, 5.74) is 9.11. The third-order valence-corrected chi connectivity index (χ3v) is 6.94. The van der Waals surface area contributed by atoms with E-state index in [9.17, 15) is 4.79 Å². The Hall–Kier alpha value is -3.80. The highest BCUT2D eigenvalue weighted by Gasteiger charge is 2.27. The molecular weight excluding hydrogens is 438 g/mol. The van der Waals surface area contributed by atoms with Crippen LogP contribution < -0.4 is 10.1 Å². The van der Waals surface area contributed by atoms with Crippen LogP contribution >= 0.6 is 0 Å². The first kappa shape index (κ1) is 23.0. The van der Waals surface area contributed by atoms with E-state index in [1.54, 1.807) is 0 Å². The van der Waals surface area contributed by atoms with Gasteiger partial charge >= 0.3 is 5.97 Å². The largest absolute Gasteiger partial charge is 0.493 e. The van der Waals surface area contributed by atoms with Crippen LogP contribution in [0.4, 0.5) is 5.69 Å². The smallest absolute Gasteiger partial charge is 0.306 e. The predicted octanol–water partition coefficient (Wildman–Crippen LogP) is 5.86. The zero-order valence-electron chi connectivity index (χ0n) is 20.7. The summed E-state index contributed by atoms with van der Waals surface area (Å²) in [6.45, 7) is 7.68. The molecule has 2 heterocycles. The molecule has 6 nitrogen and oxygen atoms in total. The van der Waals surface area contributed by atoms with Gasteiger partial charge in [0.25, 0.3) is 0 Å². The minimum absolute atomic E-state index is 0.0478. The number of aromatic nitrogens is 2. The van der Waals surface area contributed by atoms with Gasteiger partial charge in [-0.25, -0.2) is 4.98 Å². The van der Waals surface area contributed by atoms with Crippen molar-refractivity contribution in [2.24, 2.45) is 0 Å². The average Bonchev–Trinajstić information content (AvgIpc) is 3.45. The summed E-state index contributed by atoms with van der Waals surface area (Å²) in [6.07, 6.45) is 1.20. The lowest BCUT2D eigenvalue weighted by atomic mass is 9.97. The van der Waals surface area contributed by atoms with Crippen molar-refractivity contribution < 1.29 is 14.3 Å². The number of anilines is 1. The molecule has 0 fully saturated rings. The summed E-state index contributed by atoms with van der Waals surface area (Å²) < 4.78 is 13.0. The number of aryl methyl sites for hydroxylation is 2. The van der Waals surface area contributed by atoms with Crippen LogP contribution in [0.1, 0.15) is 47.3 Å². The van der Waals surface area contributed by atoms with Crippen molar-refractivity contribution in [1.29, 1.82) is 0 Å². The molecule has 180 valence electrons. The van der Waals surface area contributed by atoms with Gasteiger partial charge in [0.15, 0.2) is 0 Å². The SMILES string of the molecule is CCc1nc2cccc(C)c2n1-c1cccc(CNc2ccc3c(c2)OCC3CC(=O)OC)c1C. The second-order valence-electron chi connectivity index (χ2n) is 9.12. The Morgan fingerprint density at radius 1 is 1.17 bits per heavy atom. The Morgan fingerprint density at radius 3 is 2.80 bits per heavy atom. The second-order valence-corrected chi connectivity index (χ2v) is 9.12. The van der Waals surface area contributed by atoms with Crippen molar-refractivity contribution >= 4 is 22.7 Å². The Balaban J connectivity index is 1.40. The van der Waals surface area contributed by atoms with E-state index in [-0.39, 0.29) is 11.9 Å². The normalized spacial score (nSPS) is 14.6. The molecule has 0 bridgehead atoms. The van der Waals surface area contributed by atoms with Crippen molar-refractivity contribution in [3.05, 3.63) is 82.7 Å². The fourth-order valence-corrected chi connectivity index (χ4v) is 4.98. The molecular formula is C29H31N3O3. The number of benzene rings is 3. The number of hydrogen-bond donors (Lipinski definition) is 1. The van der Waals surface area contributed by atoms with E-state index in [1.807, 2.05) is 6.07 Å². The van der Waals surface area contributed by atoms with E-state index < -0.39 is 0 Å². The van der Waals surface area contributed by atoms with Crippen LogP contribution in [-0.2, 0) is 22.5 Å². The molecule has 4 aromatic rings. The van der Waals surface area contributed by atoms with Crippen LogP contribution in [0, 0.1) is 13.8 Å². The number of para-hydroxylation sites is 1. The van der Waals surface area contributed by atoms with Crippen molar-refractivity contribution in [3.8, 4) is 11.4 Å². The Morgan fingerprint density at radius 2 is 2.00 bits per heavy atom. The van der Waals surface area contributed by atoms with Gasteiger partial charge in [-0.15, -0.1) is 0 Å². The molecule has 0 radical (unpaired) electrons. The lowest BCUT2D eigenvalue weighted by molar-refractivity contribution is -0.141. The summed E-state index contributed by atoms with van der Waals surface area (Å²) >= 11 is 0. The van der Waals surface area contributed by atoms with E-state index in [0.29, 0.717) is 19.6 Å². The highest BCUT2D eigenvalue weighted by atomic mass is 16.5. The molecule has 3 aromatic carbocycles. The number of methoxy groups -OCH3 is 1. The third kappa shape index (κ3) is 4.25. The molecule has 0 aliphatic carbocycles. The van der Waals surface area contributed by atoms with Crippen molar-refractivity contribution in [3.63, 3.8) is 0 Å². The predicted molar refractivity (Wildman–Crippen MR) is 139 cm³/mol. The van der Waals surface area contributed by atoms with Crippen molar-refractivity contribution in [2.45, 2.75) is 46.1 Å². The Kier molecular flexibility index (Phi) is 6.20. The maximum atomic E-state index is 11.7. The third-order valence-electron chi connectivity index (χ3n) is 6.94. The molecule has 0 saturated carbocycles. The van der Waals surface area contributed by atoms with Gasteiger partial charge in [-0.2, -0.15) is 0 Å². The number of rotatable bonds is 7. The number of fused-ring (bicyclic) bond motifs is 2. The molecule has 1 aromatic heterocycles. The van der Waals surface area contributed by atoms with Gasteiger partial charge in [0.1, 0.15) is 11.6 Å². The van der Waals surface area contributed by atoms with Crippen molar-refractivity contribution in [1.82, 2.24) is 9.55 Å². The zero-order chi connectivity index (χ0) is 24.5. The Bertz CT molecular complexity index is 1410. The van der Waals surface area contributed by atoms with Gasteiger partial charge in [0.05, 0.1) is 36.9 Å². The van der Waals surface area contributed by atoms with E-state index >= 15 is 0 Å². The molecule has 1 aliphatic heterocycles. The summed E-state index contributed by atoms with van der Waals surface area (Å²) in [7, 11) is 1.42. The summed E-state index contributed by atoms with van der Waals surface area (Å²) in [5.74, 6) is 1.74. The molecule has 5 rings (SSSR count). The fraction of sp³-hybridized carbons (Fsp3) is 0.310. The van der Waals surface area contributed by atoms with Gasteiger partial charge in [0, 0.05) is 36.2 Å². The van der Waals surface area contributed by atoms with Crippen LogP contribution in [0.2, 0.25) is 0 Å². The number of nitrogens with one attached hydrogen (secondary N) is 1. The maximum Gasteiger partial charge on any atom is 0.306 e. The number of imidazole rings is 1. The molecule has 6 heteroatoms. The quantitative estimate of drug-likeness (QED) is 0.344. The average molecular weight is 470 g/mol. The molecule has 1 aliphatic rings. The maximum absolute atomic E-state index is 11.7. The van der Waals surface area contributed by atoms with Gasteiger partial charge < -0.3 is 14.8 Å². The molecule has 0 saturated heterocycles. The first-order valence-corrected chi connectivity index (χ1v) is 12.1. The van der Waals surface area contributed by atoms with E-state index in [0.717, 1.165) is 34.8 Å². The van der Waals surface area contributed by atoms with E-state index in [2.05, 4.69) is 79.2 Å². The van der Waals surface area contributed by atoms with Gasteiger partial charge in [-0.05, 0) is 48.7 Å². The highest BCUT2D eigenvalue weighted by Crippen LogP contribution is 2.38. The first-order valence-electron chi connectivity index (χ1n) is 12.1. The van der Waals surface area contributed by atoms with Crippen LogP contribution in [0.25, 0.3) is 16.7 Å². The lowest BCUT2D eigenvalue weighted by Gasteiger charge is -2.17. The zero-order valence-corrected chi connectivity index (χ0v) is 20.7. The number of carbonyl (C=O) groups excluding carboxylic acids is 1. The number of hydrogen-bond acceptors (Lipinski definition) is 5. The summed E-state index contributed by atoms with van der Waals surface area (Å²) in [5, 5.41) is 3.55. The topological polar surface area (TPSA) is 65.4 Å². The first-order chi connectivity index (χ1) is 17.0. The molecule has 35 heavy (non-hydrogen) atoms. The van der Waals surface area contributed by atoms with Gasteiger partial charge in [-0.3, -0.25) is 9.36 Å². The standard InChI is InChI=1S/C29H31N3O3/c1-5-27-31-24-10-6-8-18(2)29(24)32(27)25-11-7-9-20(19(25)3)16-30-22-12-13-23-21(14-28(33)34-4)17-35-26(23)15-22/h6-13,15,21,30H,5,14,16-17H2,1-4H3. The highest BCUT2D eigenvalue weighted by molar-refractivity contribution is 5.82. The monoisotopic (exact) mass is 469 g/mol. The number of esters is 1. The molecule has 1 N–H and O–H groups in total. The fourth-order valence-electron chi connectivity index (χ4n) is 4.98.